The van der Waals surface area contributed by atoms with E-state index in [1.807, 2.05) is 0 Å². The van der Waals surface area contributed by atoms with E-state index in [9.17, 15) is 14.4 Å². The van der Waals surface area contributed by atoms with Crippen LogP contribution in [0, 0.1) is 0 Å². The molecule has 1 aromatic carbocycles. The van der Waals surface area contributed by atoms with Crippen LogP contribution in [0.5, 0.6) is 0 Å². The van der Waals surface area contributed by atoms with Crippen molar-refractivity contribution in [3.63, 3.8) is 0 Å². The van der Waals surface area contributed by atoms with Gasteiger partial charge in [-0.25, -0.2) is 4.79 Å². The third-order valence-corrected chi connectivity index (χ3v) is 5.41. The largest absolute Gasteiger partial charge is 0.422 e. The fourth-order valence-electron chi connectivity index (χ4n) is 3.46. The Labute approximate surface area is 167 Å². The Balaban J connectivity index is 1.34. The van der Waals surface area contributed by atoms with Gasteiger partial charge in [0.25, 0.3) is 5.91 Å². The second-order valence-electron chi connectivity index (χ2n) is 7.50. The van der Waals surface area contributed by atoms with Crippen LogP contribution < -0.4 is 16.3 Å². The standard InChI is InChI=1S/C20H22ClN3O4/c21-13-1-4-17-12(9-13)10-16(20(27)28-17)19(26)23-15-5-7-24(8-6-15)11-18(25)22-14-2-3-14/h1,4,9-10,14-15H,2-3,5-8,11H2,(H,22,25)(H,23,26). The molecule has 1 saturated heterocycles. The highest BCUT2D eigenvalue weighted by atomic mass is 35.5. The fourth-order valence-corrected chi connectivity index (χ4v) is 3.64. The highest BCUT2D eigenvalue weighted by Gasteiger charge is 2.26. The maximum Gasteiger partial charge on any atom is 0.349 e. The SMILES string of the molecule is O=C(CN1CCC(NC(=O)c2cc3cc(Cl)ccc3oc2=O)CC1)NC1CC1. The molecule has 0 bridgehead atoms. The van der Waals surface area contributed by atoms with Crippen LogP contribution in [0.3, 0.4) is 0 Å². The van der Waals surface area contributed by atoms with Gasteiger partial charge in [-0.2, -0.15) is 0 Å². The number of nitrogens with zero attached hydrogens (tertiary/aromatic N) is 1. The normalized spacial score (nSPS) is 18.2. The molecule has 28 heavy (non-hydrogen) atoms. The van der Waals surface area contributed by atoms with Gasteiger partial charge < -0.3 is 15.1 Å². The Bertz CT molecular complexity index is 962. The lowest BCUT2D eigenvalue weighted by Crippen LogP contribution is -2.48. The predicted octanol–water partition coefficient (Wildman–Crippen LogP) is 1.92. The molecule has 0 radical (unpaired) electrons. The van der Waals surface area contributed by atoms with Crippen molar-refractivity contribution in [3.8, 4) is 0 Å². The van der Waals surface area contributed by atoms with Crippen molar-refractivity contribution >= 4 is 34.4 Å². The predicted molar refractivity (Wildman–Crippen MR) is 106 cm³/mol. The van der Waals surface area contributed by atoms with Crippen LogP contribution in [0.2, 0.25) is 5.02 Å². The third-order valence-electron chi connectivity index (χ3n) is 5.17. The average molecular weight is 404 g/mol. The molecule has 1 aromatic heterocycles. The molecule has 0 spiro atoms. The second-order valence-corrected chi connectivity index (χ2v) is 7.93. The zero-order valence-electron chi connectivity index (χ0n) is 15.4. The van der Waals surface area contributed by atoms with Crippen LogP contribution in [0.1, 0.15) is 36.0 Å². The fraction of sp³-hybridized carbons (Fsp3) is 0.450. The first kappa shape index (κ1) is 19.0. The van der Waals surface area contributed by atoms with Crippen molar-refractivity contribution in [1.29, 1.82) is 0 Å². The highest BCUT2D eigenvalue weighted by molar-refractivity contribution is 6.31. The summed E-state index contributed by atoms with van der Waals surface area (Å²) in [6, 6.07) is 6.74. The van der Waals surface area contributed by atoms with Crippen molar-refractivity contribution in [3.05, 3.63) is 45.3 Å². The molecule has 1 saturated carbocycles. The van der Waals surface area contributed by atoms with Crippen LogP contribution in [-0.2, 0) is 4.79 Å². The number of fused-ring (bicyclic) bond motifs is 1. The quantitative estimate of drug-likeness (QED) is 0.744. The summed E-state index contributed by atoms with van der Waals surface area (Å²) in [6.45, 7) is 1.85. The molecule has 2 fully saturated rings. The summed E-state index contributed by atoms with van der Waals surface area (Å²) in [5.41, 5.74) is -0.300. The van der Waals surface area contributed by atoms with Crippen LogP contribution in [0.4, 0.5) is 0 Å². The van der Waals surface area contributed by atoms with E-state index in [0.717, 1.165) is 38.8 Å². The van der Waals surface area contributed by atoms with E-state index < -0.39 is 11.5 Å². The van der Waals surface area contributed by atoms with Gasteiger partial charge in [0.2, 0.25) is 5.91 Å². The van der Waals surface area contributed by atoms with Gasteiger partial charge in [0, 0.05) is 35.6 Å². The molecule has 8 heteroatoms. The number of rotatable bonds is 5. The summed E-state index contributed by atoms with van der Waals surface area (Å²) in [5.74, 6) is -0.377. The number of hydrogen-bond acceptors (Lipinski definition) is 5. The summed E-state index contributed by atoms with van der Waals surface area (Å²) in [5, 5.41) is 7.01. The summed E-state index contributed by atoms with van der Waals surface area (Å²) >= 11 is 5.97. The number of carbonyl (C=O) groups is 2. The van der Waals surface area contributed by atoms with Crippen molar-refractivity contribution in [2.24, 2.45) is 0 Å². The smallest absolute Gasteiger partial charge is 0.349 e. The minimum atomic E-state index is -0.665. The van der Waals surface area contributed by atoms with Crippen molar-refractivity contribution < 1.29 is 14.0 Å². The minimum absolute atomic E-state index is 0.0268. The molecule has 1 aliphatic heterocycles. The number of nitrogens with one attached hydrogen (secondary N) is 2. The molecule has 2 aliphatic rings. The maximum absolute atomic E-state index is 12.6. The second kappa shape index (κ2) is 7.93. The number of amides is 2. The molecule has 148 valence electrons. The number of halogens is 1. The van der Waals surface area contributed by atoms with Crippen molar-refractivity contribution in [1.82, 2.24) is 15.5 Å². The Hall–Kier alpha value is -2.38. The molecule has 4 rings (SSSR count). The van der Waals surface area contributed by atoms with Gasteiger partial charge in [-0.15, -0.1) is 0 Å². The maximum atomic E-state index is 12.6. The molecule has 0 atom stereocenters. The first-order chi connectivity index (χ1) is 13.5. The van der Waals surface area contributed by atoms with E-state index >= 15 is 0 Å². The van der Waals surface area contributed by atoms with Crippen LogP contribution >= 0.6 is 11.6 Å². The average Bonchev–Trinajstić information content (AvgIpc) is 3.47. The van der Waals surface area contributed by atoms with Gasteiger partial charge in [0.05, 0.1) is 6.54 Å². The van der Waals surface area contributed by atoms with E-state index in [-0.39, 0.29) is 17.5 Å². The monoisotopic (exact) mass is 403 g/mol. The number of piperidine rings is 1. The number of likely N-dealkylation sites (tertiary alicyclic amines) is 1. The summed E-state index contributed by atoms with van der Waals surface area (Å²) < 4.78 is 5.23. The van der Waals surface area contributed by atoms with Crippen molar-refractivity contribution in [2.45, 2.75) is 37.8 Å². The van der Waals surface area contributed by atoms with Crippen LogP contribution in [0.25, 0.3) is 11.0 Å². The van der Waals surface area contributed by atoms with Gasteiger partial charge >= 0.3 is 5.63 Å². The molecule has 2 heterocycles. The lowest BCUT2D eigenvalue weighted by atomic mass is 10.0. The highest BCUT2D eigenvalue weighted by Crippen LogP contribution is 2.20. The Morgan fingerprint density at radius 3 is 2.50 bits per heavy atom. The molecule has 1 aliphatic carbocycles. The number of hydrogen-bond donors (Lipinski definition) is 2. The van der Waals surface area contributed by atoms with Crippen LogP contribution in [-0.4, -0.2) is 48.4 Å². The van der Waals surface area contributed by atoms with Crippen LogP contribution in [0.15, 0.2) is 33.5 Å². The summed E-state index contributed by atoms with van der Waals surface area (Å²) in [6.07, 6.45) is 3.62. The lowest BCUT2D eigenvalue weighted by molar-refractivity contribution is -0.122. The zero-order chi connectivity index (χ0) is 19.7. The zero-order valence-corrected chi connectivity index (χ0v) is 16.1. The molecule has 7 nitrogen and oxygen atoms in total. The third kappa shape index (κ3) is 4.54. The van der Waals surface area contributed by atoms with E-state index in [4.69, 9.17) is 16.0 Å². The lowest BCUT2D eigenvalue weighted by Gasteiger charge is -2.31. The molecular formula is C20H22ClN3O4. The molecule has 2 N–H and O–H groups in total. The molecular weight excluding hydrogens is 382 g/mol. The molecule has 2 amide bonds. The number of benzene rings is 1. The van der Waals surface area contributed by atoms with E-state index in [1.165, 1.54) is 6.07 Å². The van der Waals surface area contributed by atoms with E-state index in [2.05, 4.69) is 15.5 Å². The summed E-state index contributed by atoms with van der Waals surface area (Å²) in [4.78, 5) is 38.7. The van der Waals surface area contributed by atoms with Gasteiger partial charge in [0.1, 0.15) is 11.1 Å². The molecule has 0 unspecified atom stereocenters. The topological polar surface area (TPSA) is 91.7 Å². The molecule has 2 aromatic rings. The van der Waals surface area contributed by atoms with Gasteiger partial charge in [-0.05, 0) is 49.9 Å². The Kier molecular flexibility index (Phi) is 5.37. The summed E-state index contributed by atoms with van der Waals surface area (Å²) in [7, 11) is 0. The first-order valence-electron chi connectivity index (χ1n) is 9.54. The Morgan fingerprint density at radius 2 is 1.79 bits per heavy atom. The van der Waals surface area contributed by atoms with E-state index in [1.54, 1.807) is 18.2 Å². The van der Waals surface area contributed by atoms with Gasteiger partial charge in [-0.1, -0.05) is 11.6 Å². The Morgan fingerprint density at radius 1 is 1.07 bits per heavy atom. The van der Waals surface area contributed by atoms with Crippen molar-refractivity contribution in [2.75, 3.05) is 19.6 Å². The number of carbonyl (C=O) groups excluding carboxylic acids is 2. The van der Waals surface area contributed by atoms with E-state index in [0.29, 0.717) is 28.6 Å². The first-order valence-corrected chi connectivity index (χ1v) is 9.92. The van der Waals surface area contributed by atoms with Gasteiger partial charge in [0.15, 0.2) is 0 Å². The minimum Gasteiger partial charge on any atom is -0.422 e. The van der Waals surface area contributed by atoms with Gasteiger partial charge in [-0.3, -0.25) is 14.5 Å².